The van der Waals surface area contributed by atoms with Crippen LogP contribution in [0.1, 0.15) is 55.8 Å². The number of benzene rings is 1. The van der Waals surface area contributed by atoms with Gasteiger partial charge in [0.05, 0.1) is 11.3 Å². The fourth-order valence-electron chi connectivity index (χ4n) is 4.04. The number of sulfonamides is 1. The molecule has 2 unspecified atom stereocenters. The predicted octanol–water partition coefficient (Wildman–Crippen LogP) is 2.33. The number of carboxylic acids is 1. The van der Waals surface area contributed by atoms with E-state index in [0.717, 1.165) is 25.7 Å². The first-order valence-corrected chi connectivity index (χ1v) is 10.9. The Labute approximate surface area is 160 Å². The lowest BCUT2D eigenvalue weighted by Crippen LogP contribution is -2.42. The number of carbonyl (C=O) groups excluding carboxylic acids is 1. The zero-order valence-corrected chi connectivity index (χ0v) is 16.3. The first-order valence-electron chi connectivity index (χ1n) is 9.45. The second-order valence-corrected chi connectivity index (χ2v) is 9.27. The van der Waals surface area contributed by atoms with Crippen molar-refractivity contribution < 1.29 is 23.1 Å². The Bertz CT molecular complexity index is 823. The van der Waals surface area contributed by atoms with Crippen LogP contribution in [0.25, 0.3) is 0 Å². The molecule has 8 heteroatoms. The zero-order valence-electron chi connectivity index (χ0n) is 15.5. The maximum absolute atomic E-state index is 13.0. The maximum atomic E-state index is 13.0. The van der Waals surface area contributed by atoms with Gasteiger partial charge in [-0.05, 0) is 50.8 Å². The molecule has 27 heavy (non-hydrogen) atoms. The third-order valence-electron chi connectivity index (χ3n) is 5.48. The summed E-state index contributed by atoms with van der Waals surface area (Å²) < 4.78 is 27.6. The molecule has 7 nitrogen and oxygen atoms in total. The van der Waals surface area contributed by atoms with Gasteiger partial charge in [-0.15, -0.1) is 0 Å². The van der Waals surface area contributed by atoms with Crippen LogP contribution in [-0.2, 0) is 14.8 Å². The third-order valence-corrected chi connectivity index (χ3v) is 7.49. The number of carboxylic acid groups (broad SMARTS) is 1. The van der Waals surface area contributed by atoms with Crippen LogP contribution in [0.5, 0.6) is 0 Å². The maximum Gasteiger partial charge on any atom is 0.305 e. The molecule has 0 saturated carbocycles. The molecule has 1 aromatic carbocycles. The van der Waals surface area contributed by atoms with E-state index in [-0.39, 0.29) is 34.9 Å². The predicted molar refractivity (Wildman–Crippen MR) is 100.0 cm³/mol. The molecule has 1 aromatic rings. The van der Waals surface area contributed by atoms with Crippen molar-refractivity contribution in [3.63, 3.8) is 0 Å². The topological polar surface area (TPSA) is 95.0 Å². The highest BCUT2D eigenvalue weighted by Gasteiger charge is 2.33. The second-order valence-electron chi connectivity index (χ2n) is 7.38. The molecular weight excluding hydrogens is 368 g/mol. The number of rotatable bonds is 5. The molecule has 148 valence electrons. The molecule has 2 atom stereocenters. The summed E-state index contributed by atoms with van der Waals surface area (Å²) in [5.41, 5.74) is 0.290. The Kier molecular flexibility index (Phi) is 5.86. The summed E-state index contributed by atoms with van der Waals surface area (Å²) >= 11 is 0. The van der Waals surface area contributed by atoms with Crippen molar-refractivity contribution in [1.82, 2.24) is 9.21 Å². The Morgan fingerprint density at radius 1 is 1.15 bits per heavy atom. The Morgan fingerprint density at radius 2 is 1.93 bits per heavy atom. The first-order chi connectivity index (χ1) is 12.8. The van der Waals surface area contributed by atoms with Crippen molar-refractivity contribution in [2.45, 2.75) is 62.4 Å². The standard InChI is InChI=1S/C19H26N2O5S/c1-14-6-2-3-11-21(14)27(25,26)17-9-4-7-15(12-17)19(24)20-10-5-8-16(20)13-18(22)23/h4,7,9,12,14,16H,2-3,5-6,8,10-11,13H2,1H3,(H,22,23). The van der Waals surface area contributed by atoms with E-state index < -0.39 is 16.0 Å². The summed E-state index contributed by atoms with van der Waals surface area (Å²) in [5, 5.41) is 9.04. The summed E-state index contributed by atoms with van der Waals surface area (Å²) in [4.78, 5) is 25.6. The first kappa shape index (κ1) is 19.8. The van der Waals surface area contributed by atoms with Crippen molar-refractivity contribution in [2.75, 3.05) is 13.1 Å². The van der Waals surface area contributed by atoms with Gasteiger partial charge >= 0.3 is 5.97 Å². The molecular formula is C19H26N2O5S. The van der Waals surface area contributed by atoms with Gasteiger partial charge in [-0.25, -0.2) is 8.42 Å². The fourth-order valence-corrected chi connectivity index (χ4v) is 5.78. The number of hydrogen-bond acceptors (Lipinski definition) is 4. The largest absolute Gasteiger partial charge is 0.481 e. The number of likely N-dealkylation sites (tertiary alicyclic amines) is 1. The SMILES string of the molecule is CC1CCCCN1S(=O)(=O)c1cccc(C(=O)N2CCCC2CC(=O)O)c1. The van der Waals surface area contributed by atoms with Gasteiger partial charge in [0.15, 0.2) is 0 Å². The Hall–Kier alpha value is -1.93. The van der Waals surface area contributed by atoms with Gasteiger partial charge < -0.3 is 10.0 Å². The molecule has 0 spiro atoms. The van der Waals surface area contributed by atoms with E-state index in [4.69, 9.17) is 5.11 Å². The highest BCUT2D eigenvalue weighted by atomic mass is 32.2. The summed E-state index contributed by atoms with van der Waals surface area (Å²) in [6, 6.07) is 5.73. The van der Waals surface area contributed by atoms with Crippen LogP contribution in [0.3, 0.4) is 0 Å². The van der Waals surface area contributed by atoms with Crippen molar-refractivity contribution in [3.05, 3.63) is 29.8 Å². The van der Waals surface area contributed by atoms with Crippen LogP contribution in [0.2, 0.25) is 0 Å². The average Bonchev–Trinajstić information content (AvgIpc) is 3.08. The molecule has 2 aliphatic heterocycles. The number of piperidine rings is 1. The van der Waals surface area contributed by atoms with Gasteiger partial charge in [0.2, 0.25) is 10.0 Å². The molecule has 2 fully saturated rings. The van der Waals surface area contributed by atoms with E-state index in [2.05, 4.69) is 0 Å². The van der Waals surface area contributed by atoms with Crippen LogP contribution in [0.15, 0.2) is 29.2 Å². The van der Waals surface area contributed by atoms with Crippen LogP contribution < -0.4 is 0 Å². The average molecular weight is 394 g/mol. The summed E-state index contributed by atoms with van der Waals surface area (Å²) in [6.07, 6.45) is 4.02. The highest BCUT2D eigenvalue weighted by molar-refractivity contribution is 7.89. The van der Waals surface area contributed by atoms with Gasteiger partial charge in [0.1, 0.15) is 0 Å². The number of hydrogen-bond donors (Lipinski definition) is 1. The second kappa shape index (κ2) is 7.98. The van der Waals surface area contributed by atoms with Crippen molar-refractivity contribution in [2.24, 2.45) is 0 Å². The van der Waals surface area contributed by atoms with E-state index in [1.54, 1.807) is 17.0 Å². The molecule has 1 N–H and O–H groups in total. The number of aliphatic carboxylic acids is 1. The van der Waals surface area contributed by atoms with Gasteiger partial charge in [-0.2, -0.15) is 4.31 Å². The normalized spacial score (nSPS) is 24.1. The highest BCUT2D eigenvalue weighted by Crippen LogP contribution is 2.27. The monoisotopic (exact) mass is 394 g/mol. The molecule has 0 aromatic heterocycles. The molecule has 0 radical (unpaired) electrons. The number of carbonyl (C=O) groups is 2. The Morgan fingerprint density at radius 3 is 2.63 bits per heavy atom. The minimum atomic E-state index is -3.65. The van der Waals surface area contributed by atoms with Gasteiger partial charge in [-0.1, -0.05) is 12.5 Å². The van der Waals surface area contributed by atoms with E-state index in [0.29, 0.717) is 19.5 Å². The van der Waals surface area contributed by atoms with Crippen molar-refractivity contribution in [3.8, 4) is 0 Å². The lowest BCUT2D eigenvalue weighted by Gasteiger charge is -2.32. The smallest absolute Gasteiger partial charge is 0.305 e. The van der Waals surface area contributed by atoms with Crippen LogP contribution in [-0.4, -0.2) is 59.8 Å². The van der Waals surface area contributed by atoms with Crippen molar-refractivity contribution >= 4 is 21.9 Å². The minimum Gasteiger partial charge on any atom is -0.481 e. The molecule has 2 aliphatic rings. The zero-order chi connectivity index (χ0) is 19.6. The molecule has 3 rings (SSSR count). The minimum absolute atomic E-state index is 0.0540. The molecule has 2 heterocycles. The lowest BCUT2D eigenvalue weighted by molar-refractivity contribution is -0.137. The number of nitrogens with zero attached hydrogens (tertiary/aromatic N) is 2. The van der Waals surface area contributed by atoms with Gasteiger partial charge in [0, 0.05) is 30.7 Å². The Balaban J connectivity index is 1.84. The quantitative estimate of drug-likeness (QED) is 0.827. The molecule has 0 bridgehead atoms. The number of amides is 1. The van der Waals surface area contributed by atoms with E-state index in [1.165, 1.54) is 16.4 Å². The van der Waals surface area contributed by atoms with E-state index >= 15 is 0 Å². The molecule has 0 aliphatic carbocycles. The van der Waals surface area contributed by atoms with Gasteiger partial charge in [-0.3, -0.25) is 9.59 Å². The lowest BCUT2D eigenvalue weighted by atomic mass is 10.1. The van der Waals surface area contributed by atoms with Gasteiger partial charge in [0.25, 0.3) is 5.91 Å². The van der Waals surface area contributed by atoms with Crippen LogP contribution in [0.4, 0.5) is 0 Å². The van der Waals surface area contributed by atoms with Crippen molar-refractivity contribution in [1.29, 1.82) is 0 Å². The summed E-state index contributed by atoms with van der Waals surface area (Å²) in [7, 11) is -3.65. The molecule has 2 saturated heterocycles. The van der Waals surface area contributed by atoms with E-state index in [9.17, 15) is 18.0 Å². The van der Waals surface area contributed by atoms with E-state index in [1.807, 2.05) is 6.92 Å². The summed E-state index contributed by atoms with van der Waals surface area (Å²) in [6.45, 7) is 2.90. The fraction of sp³-hybridized carbons (Fsp3) is 0.579. The summed E-state index contributed by atoms with van der Waals surface area (Å²) in [5.74, 6) is -1.24. The van der Waals surface area contributed by atoms with Crippen LogP contribution >= 0.6 is 0 Å². The third kappa shape index (κ3) is 4.16. The van der Waals surface area contributed by atoms with Crippen LogP contribution in [0, 0.1) is 0 Å². The molecule has 1 amide bonds.